The van der Waals surface area contributed by atoms with Crippen LogP contribution in [0.3, 0.4) is 0 Å². The SMILES string of the molecule is Cc1cc(OCC(=O)N(Cc2ccc(Cl)cc2Cl)[C@H](C)C(=O)NC(C)(C)C)cc(C)c1Br. The molecule has 1 atom stereocenters. The number of hydrogen-bond donors (Lipinski definition) is 1. The van der Waals surface area contributed by atoms with E-state index in [0.29, 0.717) is 21.4 Å². The number of aryl methyl sites for hydroxylation is 2. The maximum absolute atomic E-state index is 13.2. The molecule has 2 aromatic carbocycles. The molecule has 174 valence electrons. The van der Waals surface area contributed by atoms with Crippen molar-refractivity contribution < 1.29 is 14.3 Å². The Kier molecular flexibility index (Phi) is 9.03. The molecule has 0 saturated carbocycles. The Labute approximate surface area is 208 Å². The largest absolute Gasteiger partial charge is 0.484 e. The quantitative estimate of drug-likeness (QED) is 0.460. The van der Waals surface area contributed by atoms with Crippen LogP contribution in [0.2, 0.25) is 10.0 Å². The van der Waals surface area contributed by atoms with Gasteiger partial charge >= 0.3 is 0 Å². The van der Waals surface area contributed by atoms with Crippen molar-refractivity contribution in [1.29, 1.82) is 0 Å². The van der Waals surface area contributed by atoms with E-state index in [2.05, 4.69) is 21.2 Å². The van der Waals surface area contributed by atoms with Crippen molar-refractivity contribution in [3.63, 3.8) is 0 Å². The van der Waals surface area contributed by atoms with Gasteiger partial charge in [-0.25, -0.2) is 0 Å². The number of nitrogens with one attached hydrogen (secondary N) is 1. The van der Waals surface area contributed by atoms with Gasteiger partial charge in [0.2, 0.25) is 5.91 Å². The topological polar surface area (TPSA) is 58.6 Å². The van der Waals surface area contributed by atoms with Crippen LogP contribution in [0.1, 0.15) is 44.4 Å². The summed E-state index contributed by atoms with van der Waals surface area (Å²) in [7, 11) is 0. The van der Waals surface area contributed by atoms with Crippen LogP contribution in [0.15, 0.2) is 34.8 Å². The highest BCUT2D eigenvalue weighted by atomic mass is 79.9. The van der Waals surface area contributed by atoms with E-state index < -0.39 is 11.6 Å². The van der Waals surface area contributed by atoms with Gasteiger partial charge in [0.05, 0.1) is 0 Å². The number of halogens is 3. The van der Waals surface area contributed by atoms with Gasteiger partial charge in [-0.05, 0) is 82.5 Å². The van der Waals surface area contributed by atoms with Crippen molar-refractivity contribution in [2.45, 2.75) is 59.7 Å². The summed E-state index contributed by atoms with van der Waals surface area (Å²) in [4.78, 5) is 27.5. The standard InChI is InChI=1S/C24H29BrCl2N2O3/c1-14-9-19(10-15(2)22(14)25)32-13-21(30)29(16(3)23(31)28-24(4,5)6)12-17-7-8-18(26)11-20(17)27/h7-11,16H,12-13H2,1-6H3,(H,28,31)/t16-/m1/s1. The second-order valence-corrected chi connectivity index (χ2v) is 10.5. The fourth-order valence-electron chi connectivity index (χ4n) is 3.11. The monoisotopic (exact) mass is 542 g/mol. The molecular weight excluding hydrogens is 515 g/mol. The number of hydrogen-bond acceptors (Lipinski definition) is 3. The highest BCUT2D eigenvalue weighted by Gasteiger charge is 2.29. The van der Waals surface area contributed by atoms with Gasteiger partial charge in [0.1, 0.15) is 11.8 Å². The van der Waals surface area contributed by atoms with Crippen LogP contribution in [0.5, 0.6) is 5.75 Å². The van der Waals surface area contributed by atoms with Crippen LogP contribution in [0.4, 0.5) is 0 Å². The Hall–Kier alpha value is -1.76. The molecule has 2 aromatic rings. The summed E-state index contributed by atoms with van der Waals surface area (Å²) in [6, 6.07) is 8.06. The molecule has 0 saturated heterocycles. The molecule has 0 radical (unpaired) electrons. The molecule has 8 heteroatoms. The van der Waals surface area contributed by atoms with Crippen molar-refractivity contribution in [1.82, 2.24) is 10.2 Å². The fraction of sp³-hybridized carbons (Fsp3) is 0.417. The zero-order chi connectivity index (χ0) is 24.2. The summed E-state index contributed by atoms with van der Waals surface area (Å²) < 4.78 is 6.79. The second-order valence-electron chi connectivity index (χ2n) is 8.83. The molecule has 1 N–H and O–H groups in total. The van der Waals surface area contributed by atoms with Gasteiger partial charge in [0, 0.05) is 26.6 Å². The van der Waals surface area contributed by atoms with E-state index in [9.17, 15) is 9.59 Å². The van der Waals surface area contributed by atoms with Crippen LogP contribution >= 0.6 is 39.1 Å². The Morgan fingerprint density at radius 3 is 2.25 bits per heavy atom. The molecule has 0 heterocycles. The zero-order valence-electron chi connectivity index (χ0n) is 19.2. The summed E-state index contributed by atoms with van der Waals surface area (Å²) in [6.45, 7) is 11.2. The molecule has 5 nitrogen and oxygen atoms in total. The first-order chi connectivity index (χ1) is 14.8. The first kappa shape index (κ1) is 26.5. The Morgan fingerprint density at radius 1 is 1.12 bits per heavy atom. The van der Waals surface area contributed by atoms with Gasteiger partial charge in [-0.15, -0.1) is 0 Å². The van der Waals surface area contributed by atoms with Crippen molar-refractivity contribution in [2.24, 2.45) is 0 Å². The molecular formula is C24H29BrCl2N2O3. The Morgan fingerprint density at radius 2 is 1.72 bits per heavy atom. The van der Waals surface area contributed by atoms with Gasteiger partial charge < -0.3 is 15.0 Å². The summed E-state index contributed by atoms with van der Waals surface area (Å²) in [5.74, 6) is 0.00453. The van der Waals surface area contributed by atoms with Crippen molar-refractivity contribution in [2.75, 3.05) is 6.61 Å². The second kappa shape index (κ2) is 10.9. The molecule has 0 bridgehead atoms. The minimum Gasteiger partial charge on any atom is -0.484 e. The molecule has 0 aliphatic carbocycles. The lowest BCUT2D eigenvalue weighted by atomic mass is 10.1. The Balaban J connectivity index is 2.25. The number of benzene rings is 2. The maximum Gasteiger partial charge on any atom is 0.261 e. The minimum absolute atomic E-state index is 0.148. The third-order valence-corrected chi connectivity index (χ3v) is 6.63. The zero-order valence-corrected chi connectivity index (χ0v) is 22.3. The van der Waals surface area contributed by atoms with Gasteiger partial charge in [-0.3, -0.25) is 9.59 Å². The average molecular weight is 544 g/mol. The Bertz CT molecular complexity index is 982. The number of nitrogens with zero attached hydrogens (tertiary/aromatic N) is 1. The van der Waals surface area contributed by atoms with Gasteiger partial charge in [-0.2, -0.15) is 0 Å². The average Bonchev–Trinajstić information content (AvgIpc) is 2.67. The molecule has 0 aliphatic rings. The van der Waals surface area contributed by atoms with Gasteiger partial charge in [0.15, 0.2) is 6.61 Å². The number of carbonyl (C=O) groups is 2. The molecule has 0 fully saturated rings. The van der Waals surface area contributed by atoms with Crippen LogP contribution in [-0.4, -0.2) is 34.9 Å². The van der Waals surface area contributed by atoms with Crippen LogP contribution in [-0.2, 0) is 16.1 Å². The third kappa shape index (κ3) is 7.39. The predicted octanol–water partition coefficient (Wildman–Crippen LogP) is 6.08. The minimum atomic E-state index is -0.731. The first-order valence-electron chi connectivity index (χ1n) is 10.2. The highest BCUT2D eigenvalue weighted by molar-refractivity contribution is 9.10. The predicted molar refractivity (Wildman–Crippen MR) is 133 cm³/mol. The van der Waals surface area contributed by atoms with E-state index in [-0.39, 0.29) is 25.0 Å². The summed E-state index contributed by atoms with van der Waals surface area (Å²) in [5, 5.41) is 3.85. The maximum atomic E-state index is 13.2. The van der Waals surface area contributed by atoms with E-state index in [0.717, 1.165) is 15.6 Å². The lowest BCUT2D eigenvalue weighted by Gasteiger charge is -2.31. The van der Waals surface area contributed by atoms with Crippen molar-refractivity contribution in [3.8, 4) is 5.75 Å². The van der Waals surface area contributed by atoms with E-state index in [4.69, 9.17) is 27.9 Å². The first-order valence-corrected chi connectivity index (χ1v) is 11.8. The molecule has 0 aliphatic heterocycles. The van der Waals surface area contributed by atoms with Crippen LogP contribution in [0.25, 0.3) is 0 Å². The van der Waals surface area contributed by atoms with Crippen molar-refractivity contribution >= 4 is 50.9 Å². The molecule has 32 heavy (non-hydrogen) atoms. The third-order valence-electron chi connectivity index (χ3n) is 4.79. The lowest BCUT2D eigenvalue weighted by Crippen LogP contribution is -2.53. The molecule has 2 amide bonds. The highest BCUT2D eigenvalue weighted by Crippen LogP contribution is 2.27. The summed E-state index contributed by atoms with van der Waals surface area (Å²) >= 11 is 15.9. The molecule has 0 unspecified atom stereocenters. The van der Waals surface area contributed by atoms with E-state index in [1.54, 1.807) is 25.1 Å². The van der Waals surface area contributed by atoms with Crippen molar-refractivity contribution in [3.05, 3.63) is 61.5 Å². The smallest absolute Gasteiger partial charge is 0.261 e. The number of carbonyl (C=O) groups excluding carboxylic acids is 2. The van der Waals surface area contributed by atoms with Gasteiger partial charge in [0.25, 0.3) is 5.91 Å². The fourth-order valence-corrected chi connectivity index (χ4v) is 3.80. The van der Waals surface area contributed by atoms with E-state index in [1.165, 1.54) is 4.90 Å². The van der Waals surface area contributed by atoms with E-state index in [1.807, 2.05) is 46.8 Å². The van der Waals surface area contributed by atoms with Crippen LogP contribution in [0, 0.1) is 13.8 Å². The summed E-state index contributed by atoms with van der Waals surface area (Å²) in [5.41, 5.74) is 2.28. The molecule has 0 aromatic heterocycles. The van der Waals surface area contributed by atoms with Crippen LogP contribution < -0.4 is 10.1 Å². The number of ether oxygens (including phenoxy) is 1. The number of rotatable bonds is 7. The molecule has 2 rings (SSSR count). The number of amides is 2. The lowest BCUT2D eigenvalue weighted by molar-refractivity contribution is -0.142. The normalized spacial score (nSPS) is 12.3. The summed E-state index contributed by atoms with van der Waals surface area (Å²) in [6.07, 6.45) is 0. The van der Waals surface area contributed by atoms with E-state index >= 15 is 0 Å². The van der Waals surface area contributed by atoms with Gasteiger partial charge in [-0.1, -0.05) is 45.2 Å². The molecule has 0 spiro atoms.